The third-order valence-corrected chi connectivity index (χ3v) is 2.51. The van der Waals surface area contributed by atoms with Gasteiger partial charge in [-0.25, -0.2) is 0 Å². The molecule has 0 aromatic heterocycles. The zero-order valence-corrected chi connectivity index (χ0v) is 8.76. The summed E-state index contributed by atoms with van der Waals surface area (Å²) < 4.78 is 0. The van der Waals surface area contributed by atoms with Gasteiger partial charge in [0.2, 0.25) is 0 Å². The third kappa shape index (κ3) is 1.96. The van der Waals surface area contributed by atoms with Crippen LogP contribution in [0.3, 0.4) is 0 Å². The molecule has 0 atom stereocenters. The summed E-state index contributed by atoms with van der Waals surface area (Å²) in [7, 11) is 0. The molecule has 0 amide bonds. The van der Waals surface area contributed by atoms with Gasteiger partial charge in [-0.2, -0.15) is 0 Å². The number of aldehydes is 1. The van der Waals surface area contributed by atoms with Crippen LogP contribution in [0.5, 0.6) is 5.75 Å². The number of phenols is 1. The van der Waals surface area contributed by atoms with Gasteiger partial charge >= 0.3 is 0 Å². The number of carbonyl (C=O) groups excluding carboxylic acids is 1. The topological polar surface area (TPSA) is 37.3 Å². The standard InChI is InChI=1S/C14H12O2/c15-10-9-12-7-4-8-13(14(12)16)11-5-2-1-3-6-11/h1-8,10,16H,9H2. The molecule has 0 saturated heterocycles. The Morgan fingerprint density at radius 3 is 2.44 bits per heavy atom. The molecular formula is C14H12O2. The van der Waals surface area contributed by atoms with Crippen molar-refractivity contribution >= 4 is 6.29 Å². The van der Waals surface area contributed by atoms with E-state index in [9.17, 15) is 9.90 Å². The van der Waals surface area contributed by atoms with Crippen LogP contribution in [0.25, 0.3) is 11.1 Å². The van der Waals surface area contributed by atoms with Crippen molar-refractivity contribution in [2.75, 3.05) is 0 Å². The highest BCUT2D eigenvalue weighted by Gasteiger charge is 2.07. The summed E-state index contributed by atoms with van der Waals surface area (Å²) in [5.74, 6) is 0.195. The Balaban J connectivity index is 2.50. The third-order valence-electron chi connectivity index (χ3n) is 2.51. The van der Waals surface area contributed by atoms with Crippen LogP contribution in [0.1, 0.15) is 5.56 Å². The smallest absolute Gasteiger partial charge is 0.127 e. The van der Waals surface area contributed by atoms with Crippen LogP contribution in [-0.2, 0) is 11.2 Å². The summed E-state index contributed by atoms with van der Waals surface area (Å²) >= 11 is 0. The molecule has 2 heteroatoms. The minimum absolute atomic E-state index is 0.195. The van der Waals surface area contributed by atoms with E-state index < -0.39 is 0 Å². The lowest BCUT2D eigenvalue weighted by Gasteiger charge is -2.07. The van der Waals surface area contributed by atoms with Crippen LogP contribution >= 0.6 is 0 Å². The largest absolute Gasteiger partial charge is 0.507 e. The van der Waals surface area contributed by atoms with Gasteiger partial charge in [-0.3, -0.25) is 0 Å². The molecule has 0 unspecified atom stereocenters. The molecule has 0 aliphatic rings. The number of carbonyl (C=O) groups is 1. The van der Waals surface area contributed by atoms with Gasteiger partial charge in [0.05, 0.1) is 0 Å². The maximum Gasteiger partial charge on any atom is 0.127 e. The van der Waals surface area contributed by atoms with Crippen LogP contribution in [0.4, 0.5) is 0 Å². The van der Waals surface area contributed by atoms with E-state index in [0.717, 1.165) is 17.4 Å². The van der Waals surface area contributed by atoms with E-state index in [1.165, 1.54) is 0 Å². The van der Waals surface area contributed by atoms with Crippen molar-refractivity contribution in [2.45, 2.75) is 6.42 Å². The molecule has 0 aliphatic heterocycles. The molecule has 2 aromatic carbocycles. The van der Waals surface area contributed by atoms with Crippen LogP contribution in [0.2, 0.25) is 0 Å². The Morgan fingerprint density at radius 2 is 1.75 bits per heavy atom. The van der Waals surface area contributed by atoms with Crippen molar-refractivity contribution in [1.29, 1.82) is 0 Å². The molecule has 2 nitrogen and oxygen atoms in total. The summed E-state index contributed by atoms with van der Waals surface area (Å²) in [6, 6.07) is 15.1. The van der Waals surface area contributed by atoms with Crippen LogP contribution in [0, 0.1) is 0 Å². The highest BCUT2D eigenvalue weighted by Crippen LogP contribution is 2.31. The van der Waals surface area contributed by atoms with Gasteiger partial charge in [0, 0.05) is 17.5 Å². The Labute approximate surface area is 94.2 Å². The molecule has 0 spiro atoms. The van der Waals surface area contributed by atoms with Crippen LogP contribution in [-0.4, -0.2) is 11.4 Å². The van der Waals surface area contributed by atoms with E-state index in [-0.39, 0.29) is 12.2 Å². The Morgan fingerprint density at radius 1 is 1.00 bits per heavy atom. The molecule has 0 bridgehead atoms. The van der Waals surface area contributed by atoms with Gasteiger partial charge in [0.1, 0.15) is 12.0 Å². The molecule has 80 valence electrons. The Bertz CT molecular complexity index is 489. The highest BCUT2D eigenvalue weighted by atomic mass is 16.3. The number of para-hydroxylation sites is 1. The van der Waals surface area contributed by atoms with Gasteiger partial charge in [0.25, 0.3) is 0 Å². The number of hydrogen-bond donors (Lipinski definition) is 1. The molecule has 1 N–H and O–H groups in total. The zero-order chi connectivity index (χ0) is 11.4. The first-order valence-electron chi connectivity index (χ1n) is 5.13. The average Bonchev–Trinajstić information content (AvgIpc) is 2.33. The molecule has 0 saturated carbocycles. The summed E-state index contributed by atoms with van der Waals surface area (Å²) in [6.45, 7) is 0. The minimum atomic E-state index is 0.195. The summed E-state index contributed by atoms with van der Waals surface area (Å²) in [6.07, 6.45) is 1.04. The zero-order valence-electron chi connectivity index (χ0n) is 8.76. The highest BCUT2D eigenvalue weighted by molar-refractivity contribution is 5.73. The van der Waals surface area contributed by atoms with Gasteiger partial charge in [-0.15, -0.1) is 0 Å². The second-order valence-corrected chi connectivity index (χ2v) is 3.55. The van der Waals surface area contributed by atoms with Crippen molar-refractivity contribution in [3.63, 3.8) is 0 Å². The number of hydrogen-bond acceptors (Lipinski definition) is 2. The maximum atomic E-state index is 10.5. The van der Waals surface area contributed by atoms with E-state index in [2.05, 4.69) is 0 Å². The minimum Gasteiger partial charge on any atom is -0.507 e. The lowest BCUT2D eigenvalue weighted by atomic mass is 10.0. The van der Waals surface area contributed by atoms with Crippen molar-refractivity contribution in [1.82, 2.24) is 0 Å². The van der Waals surface area contributed by atoms with Crippen molar-refractivity contribution in [3.8, 4) is 16.9 Å². The monoisotopic (exact) mass is 212 g/mol. The Hall–Kier alpha value is -2.09. The first-order valence-corrected chi connectivity index (χ1v) is 5.13. The maximum absolute atomic E-state index is 10.5. The van der Waals surface area contributed by atoms with Gasteiger partial charge in [0.15, 0.2) is 0 Å². The summed E-state index contributed by atoms with van der Waals surface area (Å²) in [4.78, 5) is 10.5. The molecule has 2 rings (SSSR count). The SMILES string of the molecule is O=CCc1cccc(-c2ccccc2)c1O. The van der Waals surface area contributed by atoms with Crippen LogP contribution in [0.15, 0.2) is 48.5 Å². The summed E-state index contributed by atoms with van der Waals surface area (Å²) in [5.41, 5.74) is 2.38. The molecular weight excluding hydrogens is 200 g/mol. The van der Waals surface area contributed by atoms with E-state index in [0.29, 0.717) is 5.56 Å². The van der Waals surface area contributed by atoms with Gasteiger partial charge in [-0.05, 0) is 5.56 Å². The molecule has 16 heavy (non-hydrogen) atoms. The van der Waals surface area contributed by atoms with E-state index >= 15 is 0 Å². The van der Waals surface area contributed by atoms with Crippen molar-refractivity contribution in [2.24, 2.45) is 0 Å². The van der Waals surface area contributed by atoms with Gasteiger partial charge in [-0.1, -0.05) is 48.5 Å². The number of benzene rings is 2. The normalized spacial score (nSPS) is 10.0. The lowest BCUT2D eigenvalue weighted by molar-refractivity contribution is -0.107. The molecule has 0 radical (unpaired) electrons. The quantitative estimate of drug-likeness (QED) is 0.794. The first kappa shape index (κ1) is 10.4. The second kappa shape index (κ2) is 4.62. The number of aromatic hydroxyl groups is 1. The lowest BCUT2D eigenvalue weighted by Crippen LogP contribution is -1.88. The summed E-state index contributed by atoms with van der Waals surface area (Å²) in [5, 5.41) is 10.0. The Kier molecular flexibility index (Phi) is 3.01. The second-order valence-electron chi connectivity index (χ2n) is 3.55. The van der Waals surface area contributed by atoms with Crippen molar-refractivity contribution in [3.05, 3.63) is 54.1 Å². The van der Waals surface area contributed by atoms with E-state index in [1.807, 2.05) is 42.5 Å². The fraction of sp³-hybridized carbons (Fsp3) is 0.0714. The molecule has 0 aliphatic carbocycles. The average molecular weight is 212 g/mol. The molecule has 2 aromatic rings. The van der Waals surface area contributed by atoms with E-state index in [1.54, 1.807) is 6.07 Å². The fourth-order valence-corrected chi connectivity index (χ4v) is 1.70. The van der Waals surface area contributed by atoms with Gasteiger partial charge < -0.3 is 9.90 Å². The van der Waals surface area contributed by atoms with E-state index in [4.69, 9.17) is 0 Å². The van der Waals surface area contributed by atoms with Crippen LogP contribution < -0.4 is 0 Å². The predicted molar refractivity (Wildman–Crippen MR) is 63.3 cm³/mol. The molecule has 0 heterocycles. The fourth-order valence-electron chi connectivity index (χ4n) is 1.70. The van der Waals surface area contributed by atoms with Crippen molar-refractivity contribution < 1.29 is 9.90 Å². The first-order chi connectivity index (χ1) is 7.83. The molecule has 0 fully saturated rings. The predicted octanol–water partition coefficient (Wildman–Crippen LogP) is 2.80. The number of phenolic OH excluding ortho intramolecular Hbond substituents is 1. The number of rotatable bonds is 3.